The monoisotopic (exact) mass is 442 g/mol. The number of ether oxygens (including phenoxy) is 1. The van der Waals surface area contributed by atoms with Crippen LogP contribution in [0.3, 0.4) is 0 Å². The molecule has 0 fully saturated rings. The number of halogens is 1. The zero-order chi connectivity index (χ0) is 17.9. The quantitative estimate of drug-likeness (QED) is 0.308. The molecule has 0 amide bonds. The van der Waals surface area contributed by atoms with Gasteiger partial charge in [-0.1, -0.05) is 84.9 Å². The lowest BCUT2D eigenvalue weighted by atomic mass is 9.97. The molecule has 0 aliphatic heterocycles. The third-order valence-electron chi connectivity index (χ3n) is 4.42. The van der Waals surface area contributed by atoms with E-state index < -0.39 is 3.61 Å². The van der Waals surface area contributed by atoms with Gasteiger partial charge in [0, 0.05) is 0 Å². The Morgan fingerprint density at radius 2 is 1.08 bits per heavy atom. The molecule has 0 spiro atoms. The number of rotatable bonds is 5. The van der Waals surface area contributed by atoms with Crippen molar-refractivity contribution in [1.29, 1.82) is 0 Å². The summed E-state index contributed by atoms with van der Waals surface area (Å²) in [6.45, 7) is 6.37. The minimum absolute atomic E-state index is 0.366. The lowest BCUT2D eigenvalue weighted by Crippen LogP contribution is -2.31. The van der Waals surface area contributed by atoms with Gasteiger partial charge in [0.15, 0.2) is 0 Å². The van der Waals surface area contributed by atoms with Crippen LogP contribution < -0.4 is 0 Å². The average molecular weight is 442 g/mol. The Morgan fingerprint density at radius 1 is 0.600 bits per heavy atom. The highest BCUT2D eigenvalue weighted by Gasteiger charge is 2.33. The van der Waals surface area contributed by atoms with Crippen LogP contribution in [0.1, 0.15) is 31.9 Å². The van der Waals surface area contributed by atoms with Gasteiger partial charge in [-0.3, -0.25) is 0 Å². The second kappa shape index (κ2) is 7.30. The van der Waals surface area contributed by atoms with E-state index in [2.05, 4.69) is 116 Å². The third-order valence-corrected chi connectivity index (χ3v) is 5.27. The smallest absolute Gasteiger partial charge is 0.142 e. The second-order valence-corrected chi connectivity index (χ2v) is 8.90. The first-order chi connectivity index (χ1) is 11.9. The van der Waals surface area contributed by atoms with Crippen molar-refractivity contribution in [1.82, 2.24) is 0 Å². The minimum atomic E-state index is -0.410. The highest BCUT2D eigenvalue weighted by atomic mass is 127. The van der Waals surface area contributed by atoms with Gasteiger partial charge in [0.05, 0.1) is 5.60 Å². The van der Waals surface area contributed by atoms with Crippen molar-refractivity contribution in [2.45, 2.75) is 30.0 Å². The largest absolute Gasteiger partial charge is 0.350 e. The van der Waals surface area contributed by atoms with Crippen LogP contribution in [-0.2, 0) is 13.9 Å². The van der Waals surface area contributed by atoms with Crippen LogP contribution in [0.4, 0.5) is 0 Å². The predicted molar refractivity (Wildman–Crippen MR) is 114 cm³/mol. The van der Waals surface area contributed by atoms with E-state index in [0.717, 1.165) is 5.56 Å². The summed E-state index contributed by atoms with van der Waals surface area (Å²) in [7, 11) is 0. The van der Waals surface area contributed by atoms with Crippen molar-refractivity contribution >= 4 is 22.6 Å². The van der Waals surface area contributed by atoms with Crippen LogP contribution in [0, 0.1) is 0 Å². The lowest BCUT2D eigenvalue weighted by Gasteiger charge is -2.35. The third kappa shape index (κ3) is 4.31. The summed E-state index contributed by atoms with van der Waals surface area (Å²) in [6.07, 6.45) is 0. The van der Waals surface area contributed by atoms with E-state index in [1.165, 1.54) is 16.7 Å². The van der Waals surface area contributed by atoms with Crippen LogP contribution in [-0.4, -0.2) is 0 Å². The van der Waals surface area contributed by atoms with E-state index in [0.29, 0.717) is 0 Å². The fourth-order valence-corrected chi connectivity index (χ4v) is 3.94. The summed E-state index contributed by atoms with van der Waals surface area (Å²) in [6, 6.07) is 29.5. The molecule has 0 bridgehead atoms. The molecular formula is C23H23IO. The van der Waals surface area contributed by atoms with Gasteiger partial charge >= 0.3 is 0 Å². The van der Waals surface area contributed by atoms with Gasteiger partial charge in [0.25, 0.3) is 0 Å². The SMILES string of the molecule is CC(C)(O[C@@](C)(I)c1ccc(-c2ccccc2)cc1)c1ccccc1. The molecule has 25 heavy (non-hydrogen) atoms. The van der Waals surface area contributed by atoms with Crippen molar-refractivity contribution in [3.8, 4) is 11.1 Å². The van der Waals surface area contributed by atoms with E-state index in [1.54, 1.807) is 0 Å². The van der Waals surface area contributed by atoms with Gasteiger partial charge in [0.1, 0.15) is 3.61 Å². The van der Waals surface area contributed by atoms with Crippen molar-refractivity contribution < 1.29 is 4.74 Å². The Morgan fingerprint density at radius 3 is 1.64 bits per heavy atom. The van der Waals surface area contributed by atoms with E-state index in [-0.39, 0.29) is 5.60 Å². The molecule has 3 aromatic rings. The number of hydrogen-bond donors (Lipinski definition) is 0. The number of hydrogen-bond acceptors (Lipinski definition) is 1. The van der Waals surface area contributed by atoms with Crippen molar-refractivity contribution in [2.24, 2.45) is 0 Å². The molecule has 0 aliphatic rings. The Kier molecular flexibility index (Phi) is 5.30. The van der Waals surface area contributed by atoms with Crippen LogP contribution in [0.2, 0.25) is 0 Å². The van der Waals surface area contributed by atoms with Crippen molar-refractivity contribution in [2.75, 3.05) is 0 Å². The molecule has 3 aromatic carbocycles. The molecule has 2 heteroatoms. The Balaban J connectivity index is 1.82. The fourth-order valence-electron chi connectivity index (χ4n) is 3.03. The molecule has 128 valence electrons. The maximum atomic E-state index is 6.53. The maximum absolute atomic E-state index is 6.53. The summed E-state index contributed by atoms with van der Waals surface area (Å²) in [5, 5.41) is 0. The zero-order valence-corrected chi connectivity index (χ0v) is 17.0. The normalized spacial score (nSPS) is 14.1. The fraction of sp³-hybridized carbons (Fsp3) is 0.217. The number of benzene rings is 3. The summed E-state index contributed by atoms with van der Waals surface area (Å²) in [5.74, 6) is 0. The van der Waals surface area contributed by atoms with Crippen LogP contribution in [0.5, 0.6) is 0 Å². The molecular weight excluding hydrogens is 419 g/mol. The lowest BCUT2D eigenvalue weighted by molar-refractivity contribution is -0.0810. The average Bonchev–Trinajstić information content (AvgIpc) is 2.62. The van der Waals surface area contributed by atoms with Crippen LogP contribution in [0.15, 0.2) is 84.9 Å². The summed E-state index contributed by atoms with van der Waals surface area (Å²) in [4.78, 5) is 0. The molecule has 0 radical (unpaired) electrons. The Labute approximate surface area is 164 Å². The molecule has 0 saturated heterocycles. The van der Waals surface area contributed by atoms with E-state index in [9.17, 15) is 0 Å². The molecule has 1 atom stereocenters. The Bertz CT molecular complexity index is 806. The first-order valence-electron chi connectivity index (χ1n) is 8.49. The van der Waals surface area contributed by atoms with Gasteiger partial charge in [-0.05, 0) is 65.6 Å². The van der Waals surface area contributed by atoms with Gasteiger partial charge < -0.3 is 4.74 Å². The highest BCUT2D eigenvalue weighted by Crippen LogP contribution is 2.41. The van der Waals surface area contributed by atoms with E-state index >= 15 is 0 Å². The zero-order valence-electron chi connectivity index (χ0n) is 14.9. The Hall–Kier alpha value is -1.65. The van der Waals surface area contributed by atoms with Crippen LogP contribution in [0.25, 0.3) is 11.1 Å². The van der Waals surface area contributed by atoms with Crippen molar-refractivity contribution in [3.63, 3.8) is 0 Å². The first-order valence-corrected chi connectivity index (χ1v) is 9.57. The standard InChI is InChI=1S/C23H23IO/c1-22(2,20-12-8-5-9-13-20)25-23(3,24)21-16-14-19(15-17-21)18-10-6-4-7-11-18/h4-17H,1-3H3/t23-/m1/s1. The van der Waals surface area contributed by atoms with Gasteiger partial charge in [0.2, 0.25) is 0 Å². The summed E-state index contributed by atoms with van der Waals surface area (Å²) in [5.41, 5.74) is 4.43. The molecule has 0 saturated carbocycles. The first kappa shape index (κ1) is 18.2. The molecule has 0 aliphatic carbocycles. The second-order valence-electron chi connectivity index (χ2n) is 6.84. The highest BCUT2D eigenvalue weighted by molar-refractivity contribution is 14.1. The summed E-state index contributed by atoms with van der Waals surface area (Å²) >= 11 is 2.40. The van der Waals surface area contributed by atoms with Gasteiger partial charge in [-0.2, -0.15) is 0 Å². The molecule has 0 N–H and O–H groups in total. The van der Waals surface area contributed by atoms with Crippen molar-refractivity contribution in [3.05, 3.63) is 96.1 Å². The van der Waals surface area contributed by atoms with Crippen LogP contribution >= 0.6 is 22.6 Å². The number of alkyl halides is 1. The van der Waals surface area contributed by atoms with E-state index in [1.807, 2.05) is 12.1 Å². The molecule has 0 aromatic heterocycles. The van der Waals surface area contributed by atoms with Gasteiger partial charge in [-0.15, -0.1) is 0 Å². The molecule has 3 rings (SSSR count). The van der Waals surface area contributed by atoms with Gasteiger partial charge in [-0.25, -0.2) is 0 Å². The topological polar surface area (TPSA) is 9.23 Å². The van der Waals surface area contributed by atoms with E-state index in [4.69, 9.17) is 4.74 Å². The molecule has 1 nitrogen and oxygen atoms in total. The molecule has 0 unspecified atom stereocenters. The summed E-state index contributed by atoms with van der Waals surface area (Å²) < 4.78 is 6.12. The minimum Gasteiger partial charge on any atom is -0.350 e. The maximum Gasteiger partial charge on any atom is 0.142 e. The molecule has 0 heterocycles. The predicted octanol–water partition coefficient (Wildman–Crippen LogP) is 6.91.